The molecule has 14 aromatic rings. The summed E-state index contributed by atoms with van der Waals surface area (Å²) in [6.07, 6.45) is 0. The molecule has 0 bridgehead atoms. The minimum atomic E-state index is 0.735. The van der Waals surface area contributed by atoms with Crippen molar-refractivity contribution >= 4 is 135 Å². The lowest BCUT2D eigenvalue weighted by molar-refractivity contribution is 1.28. The summed E-state index contributed by atoms with van der Waals surface area (Å²) in [5.41, 5.74) is 41.3. The van der Waals surface area contributed by atoms with Crippen LogP contribution in [0.2, 0.25) is 0 Å². The number of hydrogen-bond donors (Lipinski definition) is 6. The van der Waals surface area contributed by atoms with E-state index in [0.29, 0.717) is 0 Å². The molecule has 0 aromatic heterocycles. The first-order chi connectivity index (χ1) is 47.5. The topological polar surface area (TPSA) is 127 Å². The number of nitrogens with two attached hydrogens (primary N) is 3. The highest BCUT2D eigenvalue weighted by Gasteiger charge is 2.17. The van der Waals surface area contributed by atoms with Gasteiger partial charge in [0.2, 0.25) is 0 Å². The lowest BCUT2D eigenvalue weighted by Gasteiger charge is -2.26. The first-order valence-corrected chi connectivity index (χ1v) is 32.9. The Morgan fingerprint density at radius 1 is 0.196 bits per heavy atom. The molecule has 0 amide bonds. The molecular formula is C86H75BrN10. The zero-order chi connectivity index (χ0) is 66.7. The van der Waals surface area contributed by atoms with E-state index in [1.54, 1.807) is 0 Å². The van der Waals surface area contributed by atoms with Crippen molar-refractivity contribution in [1.82, 2.24) is 0 Å². The molecule has 0 unspecified atom stereocenters. The van der Waals surface area contributed by atoms with E-state index in [4.69, 9.17) is 17.2 Å². The van der Waals surface area contributed by atoms with Gasteiger partial charge in [0.1, 0.15) is 0 Å². The van der Waals surface area contributed by atoms with E-state index in [1.807, 2.05) is 97.1 Å². The van der Waals surface area contributed by atoms with Gasteiger partial charge in [0.15, 0.2) is 0 Å². The summed E-state index contributed by atoms with van der Waals surface area (Å²) < 4.78 is 1.09. The van der Waals surface area contributed by atoms with Crippen LogP contribution in [-0.4, -0.2) is 0 Å². The highest BCUT2D eigenvalue weighted by atomic mass is 79.9. The van der Waals surface area contributed by atoms with Crippen LogP contribution in [0.3, 0.4) is 0 Å². The lowest BCUT2D eigenvalue weighted by atomic mass is 10.1. The number of halogens is 1. The molecule has 11 heteroatoms. The summed E-state index contributed by atoms with van der Waals surface area (Å²) in [7, 11) is 0. The fraction of sp³-hybridized carbons (Fsp3) is 0.0233. The monoisotopic (exact) mass is 1330 g/mol. The number of rotatable bonds is 18. The number of nitrogen functional groups attached to an aromatic ring is 3. The van der Waals surface area contributed by atoms with E-state index < -0.39 is 0 Å². The fourth-order valence-corrected chi connectivity index (χ4v) is 11.4. The predicted molar refractivity (Wildman–Crippen MR) is 418 cm³/mol. The molecule has 97 heavy (non-hydrogen) atoms. The summed E-state index contributed by atoms with van der Waals surface area (Å²) in [6, 6.07) is 125. The zero-order valence-corrected chi connectivity index (χ0v) is 55.6. The largest absolute Gasteiger partial charge is 0.399 e. The Hall–Kier alpha value is -12.4. The number of benzene rings is 14. The van der Waals surface area contributed by atoms with Crippen LogP contribution in [0.25, 0.3) is 0 Å². The van der Waals surface area contributed by atoms with E-state index in [0.717, 1.165) is 124 Å². The first kappa shape index (κ1) is 64.7. The molecule has 9 N–H and O–H groups in total. The first-order valence-electron chi connectivity index (χ1n) is 32.1. The molecule has 14 aromatic carbocycles. The second-order valence-electron chi connectivity index (χ2n) is 23.2. The van der Waals surface area contributed by atoms with Crippen LogP contribution in [0.1, 0.15) is 11.1 Å². The molecule has 10 nitrogen and oxygen atoms in total. The molecular weight excluding hydrogens is 1250 g/mol. The predicted octanol–water partition coefficient (Wildman–Crippen LogP) is 24.3. The van der Waals surface area contributed by atoms with Gasteiger partial charge in [-0.1, -0.05) is 124 Å². The number of aryl methyl sites for hydroxylation is 2. The average molecular weight is 1330 g/mol. The Bertz CT molecular complexity index is 4410. The van der Waals surface area contributed by atoms with E-state index >= 15 is 0 Å². The van der Waals surface area contributed by atoms with Crippen molar-refractivity contribution in [2.45, 2.75) is 13.8 Å². The maximum atomic E-state index is 5.79. The van der Waals surface area contributed by atoms with Crippen molar-refractivity contribution in [1.29, 1.82) is 0 Å². The maximum Gasteiger partial charge on any atom is 0.0463 e. The highest BCUT2D eigenvalue weighted by Crippen LogP contribution is 2.41. The molecule has 0 aliphatic rings. The fourth-order valence-electron chi connectivity index (χ4n) is 11.1. The number of hydrogen-bond acceptors (Lipinski definition) is 10. The van der Waals surface area contributed by atoms with Crippen molar-refractivity contribution < 1.29 is 0 Å². The molecule has 476 valence electrons. The molecule has 0 spiro atoms. The Morgan fingerprint density at radius 2 is 0.351 bits per heavy atom. The Kier molecular flexibility index (Phi) is 21.0. The number of anilines is 21. The standard InChI is InChI=1S/C50H43N5.C18H14BrN.C18H18N4/c1-37-13-17-39(18-14-37)51-41-23-31-48(32-24-41)55(49-33-25-42(26-34-49)52-40-19-15-38(2)16-20-40)50-35-27-44(28-36-50)53-43-21-29-47(30-22-43)54(45-9-5-3-6-10-45)46-11-7-4-8-12-46;19-15-11-13-18(14-12-15)20(16-7-3-1-4-8-16)17-9-5-2-6-10-17;19-13-1-7-16(8-2-13)22(17-9-3-14(20)4-10-17)18-11-5-15(21)6-12-18/h3-36,51-53H,1-2H3;1-14H;1-12H,19-21H2. The maximum absolute atomic E-state index is 5.79. The van der Waals surface area contributed by atoms with E-state index in [2.05, 4.69) is 332 Å². The quantitative estimate of drug-likeness (QED) is 0.0463. The van der Waals surface area contributed by atoms with E-state index in [1.165, 1.54) is 11.1 Å². The third-order valence-electron chi connectivity index (χ3n) is 16.1. The second kappa shape index (κ2) is 31.5. The molecule has 0 saturated heterocycles. The normalized spacial score (nSPS) is 10.5. The van der Waals surface area contributed by atoms with Crippen LogP contribution in [0.5, 0.6) is 0 Å². The van der Waals surface area contributed by atoms with Gasteiger partial charge in [-0.3, -0.25) is 0 Å². The van der Waals surface area contributed by atoms with Gasteiger partial charge in [-0.2, -0.15) is 0 Å². The smallest absolute Gasteiger partial charge is 0.0463 e. The third kappa shape index (κ3) is 17.2. The average Bonchev–Trinajstić information content (AvgIpc) is 1.30. The van der Waals surface area contributed by atoms with Crippen molar-refractivity contribution in [3.63, 3.8) is 0 Å². The third-order valence-corrected chi connectivity index (χ3v) is 16.6. The van der Waals surface area contributed by atoms with Crippen molar-refractivity contribution in [2.75, 3.05) is 52.8 Å². The van der Waals surface area contributed by atoms with E-state index in [-0.39, 0.29) is 0 Å². The minimum Gasteiger partial charge on any atom is -0.399 e. The Labute approximate surface area is 577 Å². The highest BCUT2D eigenvalue weighted by molar-refractivity contribution is 9.10. The zero-order valence-electron chi connectivity index (χ0n) is 54.0. The Balaban J connectivity index is 0.000000173. The summed E-state index contributed by atoms with van der Waals surface area (Å²) in [5, 5.41) is 10.7. The molecule has 0 aliphatic carbocycles. The van der Waals surface area contributed by atoms with Gasteiger partial charge < -0.3 is 52.8 Å². The molecule has 0 radical (unpaired) electrons. The van der Waals surface area contributed by atoms with E-state index in [9.17, 15) is 0 Å². The van der Waals surface area contributed by atoms with Crippen molar-refractivity contribution in [2.24, 2.45) is 0 Å². The van der Waals surface area contributed by atoms with Gasteiger partial charge in [-0.05, 0) is 281 Å². The number of nitrogens with zero attached hydrogens (tertiary/aromatic N) is 4. The SMILES string of the molecule is Brc1ccc(N(c2ccccc2)c2ccccc2)cc1.Cc1ccc(Nc2ccc(N(c3ccc(Nc4ccc(C)cc4)cc3)c3ccc(Nc4ccc(N(c5ccccc5)c5ccccc5)cc4)cc3)cc2)cc1.Nc1ccc(N(c2ccc(N)cc2)c2ccc(N)cc2)cc1. The van der Waals surface area contributed by atoms with Gasteiger partial charge in [-0.25, -0.2) is 0 Å². The van der Waals surface area contributed by atoms with Crippen LogP contribution < -0.4 is 52.8 Å². The van der Waals surface area contributed by atoms with Gasteiger partial charge in [0, 0.05) is 124 Å². The summed E-state index contributed by atoms with van der Waals surface area (Å²) in [4.78, 5) is 8.92. The van der Waals surface area contributed by atoms with Gasteiger partial charge in [0.25, 0.3) is 0 Å². The molecule has 0 atom stereocenters. The molecule has 0 fully saturated rings. The van der Waals surface area contributed by atoms with Crippen LogP contribution >= 0.6 is 15.9 Å². The van der Waals surface area contributed by atoms with Crippen LogP contribution in [0.15, 0.2) is 368 Å². The molecule has 0 saturated carbocycles. The molecule has 0 heterocycles. The number of para-hydroxylation sites is 4. The van der Waals surface area contributed by atoms with Crippen molar-refractivity contribution in [3.05, 3.63) is 380 Å². The van der Waals surface area contributed by atoms with Crippen LogP contribution in [0, 0.1) is 13.8 Å². The van der Waals surface area contributed by atoms with Gasteiger partial charge >= 0.3 is 0 Å². The molecule has 0 aliphatic heterocycles. The summed E-state index contributed by atoms with van der Waals surface area (Å²) in [5.74, 6) is 0. The second-order valence-corrected chi connectivity index (χ2v) is 24.1. The summed E-state index contributed by atoms with van der Waals surface area (Å²) >= 11 is 3.49. The molecule has 14 rings (SSSR count). The Morgan fingerprint density at radius 3 is 0.546 bits per heavy atom. The van der Waals surface area contributed by atoms with Gasteiger partial charge in [0.05, 0.1) is 0 Å². The van der Waals surface area contributed by atoms with Crippen molar-refractivity contribution in [3.8, 4) is 0 Å². The minimum absolute atomic E-state index is 0.735. The summed E-state index contributed by atoms with van der Waals surface area (Å²) in [6.45, 7) is 4.20. The van der Waals surface area contributed by atoms with Crippen LogP contribution in [0.4, 0.5) is 119 Å². The van der Waals surface area contributed by atoms with Crippen LogP contribution in [-0.2, 0) is 0 Å². The van der Waals surface area contributed by atoms with Gasteiger partial charge in [-0.15, -0.1) is 0 Å². The number of nitrogens with one attached hydrogen (secondary N) is 3. The lowest BCUT2D eigenvalue weighted by Crippen LogP contribution is -2.10.